The van der Waals surface area contributed by atoms with Gasteiger partial charge in [-0.15, -0.1) is 10.2 Å². The highest BCUT2D eigenvalue weighted by atomic mass is 32.1. The van der Waals surface area contributed by atoms with Crippen molar-refractivity contribution >= 4 is 28.5 Å². The van der Waals surface area contributed by atoms with Crippen molar-refractivity contribution in [2.75, 3.05) is 11.9 Å². The maximum Gasteiger partial charge on any atom is 0.408 e. The molecule has 140 valence electrons. The molecule has 1 aliphatic heterocycles. The Labute approximate surface area is 151 Å². The third-order valence-electron chi connectivity index (χ3n) is 3.63. The average Bonchev–Trinajstić information content (AvgIpc) is 3.02. The largest absolute Gasteiger partial charge is 0.465 e. The third kappa shape index (κ3) is 5.12. The zero-order valence-corrected chi connectivity index (χ0v) is 16.3. The number of carbonyl (C=O) groups excluding carboxylic acids is 1. The van der Waals surface area contributed by atoms with Crippen LogP contribution in [0.5, 0.6) is 0 Å². The van der Waals surface area contributed by atoms with Crippen molar-refractivity contribution < 1.29 is 19.4 Å². The molecule has 0 radical (unpaired) electrons. The molecule has 1 saturated heterocycles. The average molecular weight is 370 g/mol. The van der Waals surface area contributed by atoms with Gasteiger partial charge in [0.15, 0.2) is 0 Å². The van der Waals surface area contributed by atoms with E-state index < -0.39 is 23.6 Å². The Bertz CT molecular complexity index is 647. The Morgan fingerprint density at radius 3 is 2.36 bits per heavy atom. The van der Waals surface area contributed by atoms with Crippen LogP contribution in [0.1, 0.15) is 53.0 Å². The second-order valence-electron chi connectivity index (χ2n) is 8.19. The van der Waals surface area contributed by atoms with Crippen molar-refractivity contribution in [1.82, 2.24) is 15.1 Å². The highest BCUT2D eigenvalue weighted by Crippen LogP contribution is 2.29. The number of amides is 2. The van der Waals surface area contributed by atoms with Crippen molar-refractivity contribution in [3.05, 3.63) is 5.01 Å². The minimum absolute atomic E-state index is 0.160. The number of nitrogens with zero attached hydrogens (tertiary/aromatic N) is 3. The van der Waals surface area contributed by atoms with E-state index >= 15 is 0 Å². The zero-order valence-electron chi connectivity index (χ0n) is 15.5. The summed E-state index contributed by atoms with van der Waals surface area (Å²) in [6.45, 7) is 11.9. The van der Waals surface area contributed by atoms with Crippen LogP contribution < -0.4 is 5.32 Å². The fourth-order valence-electron chi connectivity index (χ4n) is 2.61. The second-order valence-corrected chi connectivity index (χ2v) is 9.17. The first-order valence-electron chi connectivity index (χ1n) is 8.19. The molecule has 1 aromatic heterocycles. The fourth-order valence-corrected chi connectivity index (χ4v) is 3.41. The van der Waals surface area contributed by atoms with E-state index in [1.807, 2.05) is 41.5 Å². The first-order chi connectivity index (χ1) is 11.4. The lowest BCUT2D eigenvalue weighted by atomic mass is 9.98. The Morgan fingerprint density at radius 1 is 1.24 bits per heavy atom. The molecule has 0 unspecified atom stereocenters. The lowest BCUT2D eigenvalue weighted by molar-refractivity contribution is -0.120. The Kier molecular flexibility index (Phi) is 5.38. The van der Waals surface area contributed by atoms with Gasteiger partial charge in [-0.25, -0.2) is 4.79 Å². The molecule has 1 aromatic rings. The number of ether oxygens (including phenoxy) is 1. The van der Waals surface area contributed by atoms with Crippen LogP contribution in [0.2, 0.25) is 0 Å². The normalized spacial score (nSPS) is 21.4. The Morgan fingerprint density at radius 2 is 1.88 bits per heavy atom. The van der Waals surface area contributed by atoms with Crippen molar-refractivity contribution in [1.29, 1.82) is 0 Å². The molecule has 2 rings (SSSR count). The van der Waals surface area contributed by atoms with Crippen molar-refractivity contribution in [2.45, 2.75) is 71.1 Å². The Balaban J connectivity index is 2.08. The summed E-state index contributed by atoms with van der Waals surface area (Å²) in [6, 6.07) is -0.799. The molecule has 8 nitrogen and oxygen atoms in total. The fraction of sp³-hybridized carbons (Fsp3) is 0.750. The summed E-state index contributed by atoms with van der Waals surface area (Å²) < 4.78 is 5.85. The maximum absolute atomic E-state index is 12.6. The predicted octanol–water partition coefficient (Wildman–Crippen LogP) is 2.71. The molecular weight excluding hydrogens is 344 g/mol. The van der Waals surface area contributed by atoms with Crippen LogP contribution in [0, 0.1) is 0 Å². The maximum atomic E-state index is 12.6. The number of carboxylic acid groups (broad SMARTS) is 1. The summed E-state index contributed by atoms with van der Waals surface area (Å²) in [5, 5.41) is 21.3. The molecule has 25 heavy (non-hydrogen) atoms. The van der Waals surface area contributed by atoms with Gasteiger partial charge in [0.1, 0.15) is 11.0 Å². The lowest BCUT2D eigenvalue weighted by Crippen LogP contribution is -2.42. The molecule has 2 heterocycles. The molecule has 1 aliphatic rings. The SMILES string of the molecule is CC(C)(C)O[C@@H]1C[C@@H](C(=O)Nc2nnc(C(C)(C)C)s2)N(C(=O)O)C1. The molecule has 2 amide bonds. The topological polar surface area (TPSA) is 105 Å². The summed E-state index contributed by atoms with van der Waals surface area (Å²) in [5.74, 6) is -0.404. The standard InChI is InChI=1S/C16H26N4O4S/c1-15(2,3)12-18-19-13(25-12)17-11(21)10-7-9(24-16(4,5)6)8-20(10)14(22)23/h9-10H,7-8H2,1-6H3,(H,22,23)(H,17,19,21)/t9-,10+/m1/s1. The number of carbonyl (C=O) groups is 2. The summed E-state index contributed by atoms with van der Waals surface area (Å²) in [7, 11) is 0. The van der Waals surface area contributed by atoms with Crippen molar-refractivity contribution in [3.8, 4) is 0 Å². The molecular formula is C16H26N4O4S. The van der Waals surface area contributed by atoms with Gasteiger partial charge >= 0.3 is 6.09 Å². The van der Waals surface area contributed by atoms with Gasteiger partial charge < -0.3 is 9.84 Å². The van der Waals surface area contributed by atoms with E-state index in [4.69, 9.17) is 4.74 Å². The van der Waals surface area contributed by atoms with Crippen LogP contribution in [-0.4, -0.2) is 56.5 Å². The minimum Gasteiger partial charge on any atom is -0.465 e. The number of rotatable bonds is 3. The van der Waals surface area contributed by atoms with Crippen LogP contribution >= 0.6 is 11.3 Å². The van der Waals surface area contributed by atoms with Crippen LogP contribution in [0.4, 0.5) is 9.93 Å². The van der Waals surface area contributed by atoms with Gasteiger partial charge in [0.25, 0.3) is 0 Å². The van der Waals surface area contributed by atoms with E-state index in [9.17, 15) is 14.7 Å². The zero-order chi connectivity index (χ0) is 19.0. The highest BCUT2D eigenvalue weighted by molar-refractivity contribution is 7.15. The van der Waals surface area contributed by atoms with E-state index in [-0.39, 0.29) is 18.1 Å². The number of likely N-dealkylation sites (tertiary alicyclic amines) is 1. The molecule has 2 atom stereocenters. The summed E-state index contributed by atoms with van der Waals surface area (Å²) >= 11 is 1.30. The molecule has 0 saturated carbocycles. The highest BCUT2D eigenvalue weighted by Gasteiger charge is 2.41. The van der Waals surface area contributed by atoms with Gasteiger partial charge in [-0.05, 0) is 20.8 Å². The third-order valence-corrected chi connectivity index (χ3v) is 4.89. The van der Waals surface area contributed by atoms with Crippen LogP contribution in [0.25, 0.3) is 0 Å². The molecule has 0 bridgehead atoms. The second kappa shape index (κ2) is 6.87. The van der Waals surface area contributed by atoms with Crippen LogP contribution in [-0.2, 0) is 14.9 Å². The van der Waals surface area contributed by atoms with Gasteiger partial charge in [0, 0.05) is 11.8 Å². The van der Waals surface area contributed by atoms with Crippen molar-refractivity contribution in [3.63, 3.8) is 0 Å². The number of anilines is 1. The van der Waals surface area contributed by atoms with Gasteiger partial charge in [-0.2, -0.15) is 0 Å². The van der Waals surface area contributed by atoms with E-state index in [0.29, 0.717) is 11.6 Å². The molecule has 2 N–H and O–H groups in total. The summed E-state index contributed by atoms with van der Waals surface area (Å²) in [5.41, 5.74) is -0.562. The molecule has 1 fully saturated rings. The van der Waals surface area contributed by atoms with E-state index in [2.05, 4.69) is 15.5 Å². The van der Waals surface area contributed by atoms with Crippen LogP contribution in [0.15, 0.2) is 0 Å². The first-order valence-corrected chi connectivity index (χ1v) is 9.01. The van der Waals surface area contributed by atoms with E-state index in [0.717, 1.165) is 9.91 Å². The van der Waals surface area contributed by atoms with Gasteiger partial charge in [-0.1, -0.05) is 32.1 Å². The summed E-state index contributed by atoms with van der Waals surface area (Å²) in [4.78, 5) is 25.2. The van der Waals surface area contributed by atoms with Crippen LogP contribution in [0.3, 0.4) is 0 Å². The molecule has 0 aromatic carbocycles. The smallest absolute Gasteiger partial charge is 0.408 e. The van der Waals surface area contributed by atoms with Gasteiger partial charge in [0.05, 0.1) is 18.2 Å². The number of hydrogen-bond acceptors (Lipinski definition) is 6. The van der Waals surface area contributed by atoms with E-state index in [1.165, 1.54) is 11.3 Å². The molecule has 0 aliphatic carbocycles. The minimum atomic E-state index is -1.13. The van der Waals surface area contributed by atoms with E-state index in [1.54, 1.807) is 0 Å². The summed E-state index contributed by atoms with van der Waals surface area (Å²) in [6.07, 6.45) is -1.13. The first kappa shape index (κ1) is 19.6. The lowest BCUT2D eigenvalue weighted by Gasteiger charge is -2.24. The molecule has 9 heteroatoms. The number of hydrogen-bond donors (Lipinski definition) is 2. The molecule has 0 spiro atoms. The van der Waals surface area contributed by atoms with Gasteiger partial charge in [0.2, 0.25) is 11.0 Å². The van der Waals surface area contributed by atoms with Crippen molar-refractivity contribution in [2.24, 2.45) is 0 Å². The number of aromatic nitrogens is 2. The number of nitrogens with one attached hydrogen (secondary N) is 1. The monoisotopic (exact) mass is 370 g/mol. The Hall–Kier alpha value is -1.74. The predicted molar refractivity (Wildman–Crippen MR) is 95.0 cm³/mol. The quantitative estimate of drug-likeness (QED) is 0.848. The van der Waals surface area contributed by atoms with Gasteiger partial charge in [-0.3, -0.25) is 15.0 Å².